The average molecular weight is 261 g/mol. The Labute approximate surface area is 97.0 Å². The van der Waals surface area contributed by atoms with Crippen LogP contribution in [0.2, 0.25) is 39.3 Å². The molecule has 0 aromatic carbocycles. The van der Waals surface area contributed by atoms with Gasteiger partial charge in [0.2, 0.25) is 0 Å². The minimum atomic E-state index is -0.998. The zero-order valence-electron chi connectivity index (χ0n) is 9.97. The molecule has 0 spiro atoms. The molecule has 1 rings (SSSR count). The summed E-state index contributed by atoms with van der Waals surface area (Å²) >= 11 is 3.96. The first-order chi connectivity index (χ1) is 6.16. The Morgan fingerprint density at radius 1 is 0.714 bits per heavy atom. The van der Waals surface area contributed by atoms with E-state index >= 15 is 0 Å². The van der Waals surface area contributed by atoms with Gasteiger partial charge in [0.25, 0.3) is 0 Å². The van der Waals surface area contributed by atoms with Crippen LogP contribution in [0.15, 0.2) is 0 Å². The third-order valence-electron chi connectivity index (χ3n) is 1.50. The number of hydrogen-bond donors (Lipinski definition) is 0. The Kier molecular flexibility index (Phi) is 3.62. The van der Waals surface area contributed by atoms with Crippen LogP contribution in [0.25, 0.3) is 11.4 Å². The van der Waals surface area contributed by atoms with E-state index in [1.807, 2.05) is 22.7 Å². The van der Waals surface area contributed by atoms with E-state index < -0.39 is 16.1 Å². The molecule has 0 aliphatic carbocycles. The SMILES string of the molecule is C[Si](C)(C)C=c1sc(=C[Si](C)(C)C)s1. The molecule has 0 radical (unpaired) electrons. The Bertz CT molecular complexity index is 344. The molecule has 0 fully saturated rings. The molecule has 0 nitrogen and oxygen atoms in total. The average Bonchev–Trinajstić information content (AvgIpc) is 1.75. The van der Waals surface area contributed by atoms with Crippen LogP contribution in [-0.2, 0) is 0 Å². The largest absolute Gasteiger partial charge is 0.116 e. The lowest BCUT2D eigenvalue weighted by Gasteiger charge is -2.10. The molecule has 1 heterocycles. The summed E-state index contributed by atoms with van der Waals surface area (Å²) in [5.74, 6) is 0. The molecular weight excluding hydrogens is 240 g/mol. The summed E-state index contributed by atoms with van der Waals surface area (Å²) in [5, 5.41) is 0. The number of rotatable bonds is 2. The topological polar surface area (TPSA) is 0 Å². The van der Waals surface area contributed by atoms with Crippen LogP contribution in [0, 0.1) is 0 Å². The van der Waals surface area contributed by atoms with Crippen molar-refractivity contribution in [1.29, 1.82) is 0 Å². The molecule has 14 heavy (non-hydrogen) atoms. The van der Waals surface area contributed by atoms with Crippen LogP contribution in [0.1, 0.15) is 0 Å². The predicted molar refractivity (Wildman–Crippen MR) is 77.1 cm³/mol. The lowest BCUT2D eigenvalue weighted by Crippen LogP contribution is -2.25. The second-order valence-electron chi connectivity index (χ2n) is 5.86. The van der Waals surface area contributed by atoms with Gasteiger partial charge in [-0.15, -0.1) is 22.7 Å². The first-order valence-corrected chi connectivity index (χ1v) is 13.8. The summed E-state index contributed by atoms with van der Waals surface area (Å²) < 4.78 is 3.07. The molecular formula is C10H20S2Si2. The summed E-state index contributed by atoms with van der Waals surface area (Å²) in [4.78, 5) is 0. The fourth-order valence-corrected chi connectivity index (χ4v) is 8.87. The van der Waals surface area contributed by atoms with E-state index in [0.29, 0.717) is 0 Å². The molecule has 1 aromatic heterocycles. The van der Waals surface area contributed by atoms with Crippen molar-refractivity contribution in [3.05, 3.63) is 7.69 Å². The lowest BCUT2D eigenvalue weighted by molar-refractivity contribution is 1.81. The molecule has 0 saturated heterocycles. The summed E-state index contributed by atoms with van der Waals surface area (Å²) in [5.41, 5.74) is 5.01. The van der Waals surface area contributed by atoms with Gasteiger partial charge in [0.1, 0.15) is 0 Å². The highest BCUT2D eigenvalue weighted by atomic mass is 32.2. The summed E-state index contributed by atoms with van der Waals surface area (Å²) in [6.07, 6.45) is 0. The van der Waals surface area contributed by atoms with Gasteiger partial charge in [-0.2, -0.15) is 0 Å². The molecule has 0 bridgehead atoms. The van der Waals surface area contributed by atoms with Gasteiger partial charge in [0.15, 0.2) is 0 Å². The van der Waals surface area contributed by atoms with E-state index in [1.54, 1.807) is 0 Å². The first kappa shape index (κ1) is 12.4. The first-order valence-electron chi connectivity index (χ1n) is 4.97. The van der Waals surface area contributed by atoms with Gasteiger partial charge in [0, 0.05) is 0 Å². The maximum Gasteiger partial charge on any atom is 0.0742 e. The molecule has 0 saturated carbocycles. The van der Waals surface area contributed by atoms with Gasteiger partial charge >= 0.3 is 0 Å². The van der Waals surface area contributed by atoms with Gasteiger partial charge in [-0.05, 0) is 0 Å². The fourth-order valence-electron chi connectivity index (χ4n) is 1.03. The van der Waals surface area contributed by atoms with Crippen LogP contribution >= 0.6 is 22.7 Å². The summed E-state index contributed by atoms with van der Waals surface area (Å²) in [7, 11) is -2.00. The highest BCUT2D eigenvalue weighted by molar-refractivity contribution is 7.36. The second kappa shape index (κ2) is 4.08. The fraction of sp³-hybridized carbons (Fsp3) is 0.600. The highest BCUT2D eigenvalue weighted by Gasteiger charge is 2.11. The molecule has 80 valence electrons. The van der Waals surface area contributed by atoms with E-state index in [0.717, 1.165) is 0 Å². The minimum Gasteiger partial charge on any atom is -0.116 e. The lowest BCUT2D eigenvalue weighted by atomic mass is 11.2. The quantitative estimate of drug-likeness (QED) is 0.717. The monoisotopic (exact) mass is 260 g/mol. The Balaban J connectivity index is 2.89. The van der Waals surface area contributed by atoms with Crippen LogP contribution in [0.3, 0.4) is 0 Å². The van der Waals surface area contributed by atoms with Crippen LogP contribution < -0.4 is 7.69 Å². The van der Waals surface area contributed by atoms with Crippen molar-refractivity contribution in [2.24, 2.45) is 0 Å². The molecule has 0 unspecified atom stereocenters. The van der Waals surface area contributed by atoms with Gasteiger partial charge < -0.3 is 0 Å². The predicted octanol–water partition coefficient (Wildman–Crippen LogP) is 3.13. The van der Waals surface area contributed by atoms with E-state index in [2.05, 4.69) is 50.7 Å². The van der Waals surface area contributed by atoms with Crippen molar-refractivity contribution in [2.45, 2.75) is 39.3 Å². The third-order valence-corrected chi connectivity index (χ3v) is 6.93. The van der Waals surface area contributed by atoms with Gasteiger partial charge in [-0.1, -0.05) is 50.7 Å². The molecule has 0 amide bonds. The van der Waals surface area contributed by atoms with Crippen molar-refractivity contribution in [2.75, 3.05) is 0 Å². The molecule has 0 aliphatic rings. The van der Waals surface area contributed by atoms with E-state index in [-0.39, 0.29) is 0 Å². The van der Waals surface area contributed by atoms with Gasteiger partial charge in [-0.25, -0.2) is 0 Å². The summed E-state index contributed by atoms with van der Waals surface area (Å²) in [6.45, 7) is 14.3. The zero-order chi connectivity index (χ0) is 11.0. The van der Waals surface area contributed by atoms with Crippen molar-refractivity contribution in [3.8, 4) is 0 Å². The van der Waals surface area contributed by atoms with E-state index in [1.165, 1.54) is 7.69 Å². The maximum atomic E-state index is 2.50. The Morgan fingerprint density at radius 3 is 1.21 bits per heavy atom. The molecule has 0 aliphatic heterocycles. The number of hydrogen-bond acceptors (Lipinski definition) is 2. The molecule has 0 N–H and O–H groups in total. The second-order valence-corrected chi connectivity index (χ2v) is 18.6. The van der Waals surface area contributed by atoms with Crippen molar-refractivity contribution in [3.63, 3.8) is 0 Å². The van der Waals surface area contributed by atoms with Crippen molar-refractivity contribution < 1.29 is 0 Å². The third kappa shape index (κ3) is 4.73. The van der Waals surface area contributed by atoms with Crippen molar-refractivity contribution in [1.82, 2.24) is 0 Å². The summed E-state index contributed by atoms with van der Waals surface area (Å²) in [6, 6.07) is 0. The normalized spacial score (nSPS) is 13.0. The highest BCUT2D eigenvalue weighted by Crippen LogP contribution is 2.05. The minimum absolute atomic E-state index is 0.998. The van der Waals surface area contributed by atoms with Gasteiger partial charge in [-0.3, -0.25) is 0 Å². The molecule has 0 atom stereocenters. The molecule has 1 aromatic rings. The van der Waals surface area contributed by atoms with Crippen LogP contribution in [0.5, 0.6) is 0 Å². The van der Waals surface area contributed by atoms with Crippen LogP contribution in [0.4, 0.5) is 0 Å². The van der Waals surface area contributed by atoms with E-state index in [9.17, 15) is 0 Å². The smallest absolute Gasteiger partial charge is 0.0742 e. The zero-order valence-corrected chi connectivity index (χ0v) is 13.6. The Hall–Kier alpha value is 0.354. The van der Waals surface area contributed by atoms with Crippen LogP contribution in [-0.4, -0.2) is 16.1 Å². The standard InChI is InChI=1S/C10H20S2Si2/c1-13(2,3)7-9-11-10(12-9)8-14(4,5)6/h7-8H,1-6H3. The van der Waals surface area contributed by atoms with Gasteiger partial charge in [0.05, 0.1) is 23.8 Å². The molecule has 4 heteroatoms. The van der Waals surface area contributed by atoms with Crippen molar-refractivity contribution >= 4 is 50.2 Å². The Morgan fingerprint density at radius 2 is 1.00 bits per heavy atom. The maximum absolute atomic E-state index is 2.50. The van der Waals surface area contributed by atoms with E-state index in [4.69, 9.17) is 0 Å².